The Morgan fingerprint density at radius 1 is 1.22 bits per heavy atom. The van der Waals surface area contributed by atoms with Gasteiger partial charge in [0, 0.05) is 38.3 Å². The molecule has 9 heteroatoms. The molecule has 152 valence electrons. The minimum Gasteiger partial charge on any atom is -0.757 e. The quantitative estimate of drug-likeness (QED) is 0.404. The van der Waals surface area contributed by atoms with E-state index in [1.165, 1.54) is 13.2 Å². The fraction of sp³-hybridized carbons (Fsp3) is 0.667. The number of nitro benzene ring substituents is 1. The van der Waals surface area contributed by atoms with Gasteiger partial charge in [0.2, 0.25) is 0 Å². The van der Waals surface area contributed by atoms with E-state index in [1.807, 2.05) is 25.7 Å². The lowest BCUT2D eigenvalue weighted by Crippen LogP contribution is -2.46. The summed E-state index contributed by atoms with van der Waals surface area (Å²) < 4.78 is 10.8. The molecule has 0 N–H and O–H groups in total. The van der Waals surface area contributed by atoms with Gasteiger partial charge in [0.25, 0.3) is 5.69 Å². The van der Waals surface area contributed by atoms with Crippen LogP contribution in [0.15, 0.2) is 12.1 Å². The van der Waals surface area contributed by atoms with E-state index in [9.17, 15) is 15.3 Å². The number of nitro groups is 1. The number of hydroxylamine groups is 1. The van der Waals surface area contributed by atoms with Crippen molar-refractivity contribution in [2.45, 2.75) is 33.3 Å². The number of ether oxygens (including phenoxy) is 2. The molecular formula is C18H29N4O5-. The lowest BCUT2D eigenvalue weighted by atomic mass is 10.1. The molecule has 0 spiro atoms. The molecule has 1 saturated heterocycles. The third-order valence-electron chi connectivity index (χ3n) is 4.52. The molecule has 0 aromatic heterocycles. The van der Waals surface area contributed by atoms with Gasteiger partial charge in [-0.15, -0.1) is 0 Å². The van der Waals surface area contributed by atoms with Crippen molar-refractivity contribution in [1.29, 1.82) is 0 Å². The zero-order valence-electron chi connectivity index (χ0n) is 16.7. The number of anilines is 2. The minimum absolute atomic E-state index is 0.0874. The molecule has 0 aliphatic carbocycles. The van der Waals surface area contributed by atoms with Gasteiger partial charge in [0.05, 0.1) is 23.3 Å². The molecule has 0 bridgehead atoms. The summed E-state index contributed by atoms with van der Waals surface area (Å²) in [6, 6.07) is 2.86. The van der Waals surface area contributed by atoms with E-state index in [4.69, 9.17) is 9.47 Å². The summed E-state index contributed by atoms with van der Waals surface area (Å²) in [5, 5.41) is 24.7. The molecule has 1 aromatic rings. The third kappa shape index (κ3) is 5.44. The molecule has 1 aliphatic rings. The van der Waals surface area contributed by atoms with Gasteiger partial charge in [0.15, 0.2) is 0 Å². The maximum absolute atomic E-state index is 12.5. The lowest BCUT2D eigenvalue weighted by molar-refractivity contribution is -0.384. The summed E-state index contributed by atoms with van der Waals surface area (Å²) in [4.78, 5) is 15.5. The Kier molecular flexibility index (Phi) is 6.85. The predicted molar refractivity (Wildman–Crippen MR) is 106 cm³/mol. The van der Waals surface area contributed by atoms with Crippen LogP contribution in [0.5, 0.6) is 5.75 Å². The summed E-state index contributed by atoms with van der Waals surface area (Å²) in [6.07, 6.45) is 0. The van der Waals surface area contributed by atoms with Crippen LogP contribution in [0.2, 0.25) is 0 Å². The number of rotatable bonds is 7. The Balaban J connectivity index is 2.33. The maximum Gasteiger partial charge on any atom is 0.294 e. The number of hydrogen-bond acceptors (Lipinski definition) is 8. The van der Waals surface area contributed by atoms with Gasteiger partial charge < -0.3 is 29.5 Å². The molecule has 1 fully saturated rings. The molecule has 1 heterocycles. The van der Waals surface area contributed by atoms with Crippen LogP contribution in [0, 0.1) is 15.3 Å². The van der Waals surface area contributed by atoms with Crippen LogP contribution in [0.3, 0.4) is 0 Å². The van der Waals surface area contributed by atoms with Crippen molar-refractivity contribution < 1.29 is 14.4 Å². The molecule has 27 heavy (non-hydrogen) atoms. The van der Waals surface area contributed by atoms with Gasteiger partial charge in [-0.25, -0.2) is 0 Å². The van der Waals surface area contributed by atoms with Crippen LogP contribution < -0.4 is 14.7 Å². The van der Waals surface area contributed by atoms with Crippen molar-refractivity contribution in [2.24, 2.45) is 0 Å². The van der Waals surface area contributed by atoms with Gasteiger partial charge in [-0.1, -0.05) is 6.92 Å². The Morgan fingerprint density at radius 3 is 2.33 bits per heavy atom. The first-order valence-electron chi connectivity index (χ1n) is 9.08. The lowest BCUT2D eigenvalue weighted by Gasteiger charge is -2.37. The van der Waals surface area contributed by atoms with Gasteiger partial charge in [-0.2, -0.15) is 0 Å². The summed E-state index contributed by atoms with van der Waals surface area (Å²) in [5.74, 6) is 0.293. The Bertz CT molecular complexity index is 654. The van der Waals surface area contributed by atoms with Crippen molar-refractivity contribution in [2.75, 3.05) is 56.5 Å². The van der Waals surface area contributed by atoms with Crippen molar-refractivity contribution >= 4 is 17.1 Å². The number of benzene rings is 1. The van der Waals surface area contributed by atoms with Crippen LogP contribution >= 0.6 is 0 Å². The fourth-order valence-corrected chi connectivity index (χ4v) is 2.93. The first kappa shape index (κ1) is 21.2. The van der Waals surface area contributed by atoms with Crippen LogP contribution in [0.25, 0.3) is 0 Å². The molecule has 0 amide bonds. The van der Waals surface area contributed by atoms with Crippen molar-refractivity contribution in [3.05, 3.63) is 27.5 Å². The number of piperazine rings is 1. The first-order valence-corrected chi connectivity index (χ1v) is 9.08. The first-order chi connectivity index (χ1) is 12.7. The SMILES string of the molecule is CCN1CCN(c2cc(OC)c(N([O-])COC(C)(C)C)cc2[N+](=O)[O-])CC1. The molecule has 1 aromatic carbocycles. The van der Waals surface area contributed by atoms with Gasteiger partial charge in [0.1, 0.15) is 18.2 Å². The highest BCUT2D eigenvalue weighted by molar-refractivity contribution is 5.76. The molecule has 0 atom stereocenters. The van der Waals surface area contributed by atoms with Crippen LogP contribution in [-0.2, 0) is 4.74 Å². The highest BCUT2D eigenvalue weighted by atomic mass is 16.6. The van der Waals surface area contributed by atoms with Crippen molar-refractivity contribution in [3.8, 4) is 5.75 Å². The average Bonchev–Trinajstić information content (AvgIpc) is 2.64. The number of hydrogen-bond donors (Lipinski definition) is 0. The van der Waals surface area contributed by atoms with E-state index < -0.39 is 10.5 Å². The Hall–Kier alpha value is -2.10. The monoisotopic (exact) mass is 381 g/mol. The Labute approximate surface area is 160 Å². The van der Waals surface area contributed by atoms with Crippen LogP contribution in [-0.4, -0.2) is 62.0 Å². The van der Waals surface area contributed by atoms with Crippen LogP contribution in [0.4, 0.5) is 17.1 Å². The zero-order chi connectivity index (χ0) is 20.2. The van der Waals surface area contributed by atoms with E-state index in [1.54, 1.807) is 6.07 Å². The van der Waals surface area contributed by atoms with Crippen LogP contribution in [0.1, 0.15) is 27.7 Å². The number of nitrogens with zero attached hydrogens (tertiary/aromatic N) is 4. The predicted octanol–water partition coefficient (Wildman–Crippen LogP) is 2.82. The summed E-state index contributed by atoms with van der Waals surface area (Å²) >= 11 is 0. The normalized spacial score (nSPS) is 15.7. The van der Waals surface area contributed by atoms with E-state index in [0.29, 0.717) is 29.6 Å². The highest BCUT2D eigenvalue weighted by Gasteiger charge is 2.26. The molecule has 2 rings (SSSR count). The summed E-state index contributed by atoms with van der Waals surface area (Å²) in [5.41, 5.74) is -0.0426. The molecule has 0 radical (unpaired) electrons. The second-order valence-corrected chi connectivity index (χ2v) is 7.46. The van der Waals surface area contributed by atoms with E-state index in [-0.39, 0.29) is 18.1 Å². The standard InChI is InChI=1S/C18H29N4O5/c1-6-19-7-9-20(10-8-19)14-12-17(26-5)16(11-15(14)22(24)25)21(23)13-27-18(2,3)4/h11-12H,6-10,13H2,1-5H3/q-1. The highest BCUT2D eigenvalue weighted by Crippen LogP contribution is 2.40. The summed E-state index contributed by atoms with van der Waals surface area (Å²) in [6.45, 7) is 11.4. The number of likely N-dealkylation sites (N-methyl/N-ethyl adjacent to an activating group) is 1. The van der Waals surface area contributed by atoms with Crippen molar-refractivity contribution in [3.63, 3.8) is 0 Å². The number of methoxy groups -OCH3 is 1. The zero-order valence-corrected chi connectivity index (χ0v) is 16.7. The van der Waals surface area contributed by atoms with Gasteiger partial charge in [-0.3, -0.25) is 10.1 Å². The van der Waals surface area contributed by atoms with E-state index >= 15 is 0 Å². The Morgan fingerprint density at radius 2 is 1.85 bits per heavy atom. The fourth-order valence-electron chi connectivity index (χ4n) is 2.93. The van der Waals surface area contributed by atoms with Gasteiger partial charge in [-0.05, 0) is 27.3 Å². The average molecular weight is 381 g/mol. The molecule has 9 nitrogen and oxygen atoms in total. The maximum atomic E-state index is 12.5. The van der Waals surface area contributed by atoms with E-state index in [2.05, 4.69) is 11.8 Å². The van der Waals surface area contributed by atoms with Crippen molar-refractivity contribution in [1.82, 2.24) is 4.90 Å². The van der Waals surface area contributed by atoms with Gasteiger partial charge >= 0.3 is 0 Å². The molecule has 0 unspecified atom stereocenters. The largest absolute Gasteiger partial charge is 0.757 e. The molecule has 1 aliphatic heterocycles. The third-order valence-corrected chi connectivity index (χ3v) is 4.52. The van der Waals surface area contributed by atoms with E-state index in [0.717, 1.165) is 19.6 Å². The minimum atomic E-state index is -0.499. The second kappa shape index (κ2) is 8.73. The summed E-state index contributed by atoms with van der Waals surface area (Å²) in [7, 11) is 1.45. The molecule has 0 saturated carbocycles. The topological polar surface area (TPSA) is 94.4 Å². The smallest absolute Gasteiger partial charge is 0.294 e. The molecular weight excluding hydrogens is 352 g/mol. The second-order valence-electron chi connectivity index (χ2n) is 7.46.